The number of carbonyl (C=O) groups is 1. The summed E-state index contributed by atoms with van der Waals surface area (Å²) in [4.78, 5) is 25.3. The minimum atomic E-state index is -3.56. The van der Waals surface area contributed by atoms with Gasteiger partial charge in [-0.2, -0.15) is 4.31 Å². The molecule has 9 nitrogen and oxygen atoms in total. The molecule has 1 aromatic carbocycles. The first-order valence-corrected chi connectivity index (χ1v) is 11.0. The van der Waals surface area contributed by atoms with Gasteiger partial charge in [0.25, 0.3) is 5.91 Å². The summed E-state index contributed by atoms with van der Waals surface area (Å²) in [6.45, 7) is 3.91. The lowest BCUT2D eigenvalue weighted by Gasteiger charge is -2.34. The third-order valence-corrected chi connectivity index (χ3v) is 7.02. The molecule has 0 radical (unpaired) electrons. The fraction of sp³-hybridized carbons (Fsp3) is 0.421. The van der Waals surface area contributed by atoms with E-state index in [4.69, 9.17) is 4.74 Å². The van der Waals surface area contributed by atoms with Crippen molar-refractivity contribution in [3.63, 3.8) is 0 Å². The van der Waals surface area contributed by atoms with Crippen molar-refractivity contribution >= 4 is 21.9 Å². The molecule has 154 valence electrons. The molecule has 0 unspecified atom stereocenters. The molecule has 1 aromatic heterocycles. The molecule has 10 heteroatoms. The second-order valence-electron chi connectivity index (χ2n) is 6.87. The number of amides is 1. The topological polar surface area (TPSA) is 95.9 Å². The van der Waals surface area contributed by atoms with Crippen LogP contribution in [0.3, 0.4) is 0 Å². The van der Waals surface area contributed by atoms with Crippen molar-refractivity contribution < 1.29 is 17.9 Å². The second kappa shape index (κ2) is 8.44. The molecule has 2 aromatic rings. The highest BCUT2D eigenvalue weighted by atomic mass is 32.2. The fourth-order valence-corrected chi connectivity index (χ4v) is 4.86. The summed E-state index contributed by atoms with van der Waals surface area (Å²) < 4.78 is 32.0. The number of morpholine rings is 1. The first-order valence-electron chi connectivity index (χ1n) is 9.55. The predicted octanol–water partition coefficient (Wildman–Crippen LogP) is 0.460. The van der Waals surface area contributed by atoms with Gasteiger partial charge in [0.05, 0.1) is 18.1 Å². The highest BCUT2D eigenvalue weighted by Crippen LogP contribution is 2.19. The number of ether oxygens (including phenoxy) is 1. The average Bonchev–Trinajstić information content (AvgIpc) is 2.80. The minimum absolute atomic E-state index is 0.103. The van der Waals surface area contributed by atoms with E-state index in [1.165, 1.54) is 16.4 Å². The van der Waals surface area contributed by atoms with E-state index in [0.29, 0.717) is 64.0 Å². The van der Waals surface area contributed by atoms with Crippen LogP contribution in [0.15, 0.2) is 47.6 Å². The van der Waals surface area contributed by atoms with Crippen molar-refractivity contribution in [3.05, 3.63) is 48.3 Å². The molecule has 1 amide bonds. The van der Waals surface area contributed by atoms with E-state index in [1.54, 1.807) is 35.5 Å². The van der Waals surface area contributed by atoms with Crippen LogP contribution in [0, 0.1) is 0 Å². The van der Waals surface area contributed by atoms with Crippen LogP contribution in [0.5, 0.6) is 0 Å². The first kappa shape index (κ1) is 19.7. The molecule has 0 N–H and O–H groups in total. The lowest BCUT2D eigenvalue weighted by atomic mass is 10.2. The van der Waals surface area contributed by atoms with Crippen LogP contribution in [0.2, 0.25) is 0 Å². The Hall–Kier alpha value is -2.56. The van der Waals surface area contributed by atoms with Gasteiger partial charge in [-0.25, -0.2) is 18.4 Å². The van der Waals surface area contributed by atoms with Crippen molar-refractivity contribution in [2.24, 2.45) is 0 Å². The Morgan fingerprint density at radius 2 is 1.52 bits per heavy atom. The number of anilines is 1. The number of hydrogen-bond donors (Lipinski definition) is 0. The summed E-state index contributed by atoms with van der Waals surface area (Å²) in [5.74, 6) is 0.561. The highest BCUT2D eigenvalue weighted by molar-refractivity contribution is 7.89. The van der Waals surface area contributed by atoms with Gasteiger partial charge in [0.1, 0.15) is 0 Å². The number of carbonyl (C=O) groups excluding carboxylic acids is 1. The number of nitrogens with zero attached hydrogens (tertiary/aromatic N) is 5. The molecule has 4 rings (SSSR count). The monoisotopic (exact) mass is 417 g/mol. The lowest BCUT2D eigenvalue weighted by Crippen LogP contribution is -2.49. The van der Waals surface area contributed by atoms with Crippen molar-refractivity contribution in [2.75, 3.05) is 57.4 Å². The van der Waals surface area contributed by atoms with E-state index in [-0.39, 0.29) is 10.8 Å². The second-order valence-corrected chi connectivity index (χ2v) is 8.81. The predicted molar refractivity (Wildman–Crippen MR) is 106 cm³/mol. The summed E-state index contributed by atoms with van der Waals surface area (Å²) in [6, 6.07) is 7.95. The minimum Gasteiger partial charge on any atom is -0.379 e. The van der Waals surface area contributed by atoms with Crippen LogP contribution in [-0.4, -0.2) is 86.0 Å². The normalized spacial score (nSPS) is 18.6. The molecule has 2 fully saturated rings. The molecule has 0 spiro atoms. The molecule has 2 saturated heterocycles. The van der Waals surface area contributed by atoms with E-state index in [1.807, 2.05) is 4.90 Å². The van der Waals surface area contributed by atoms with Crippen LogP contribution >= 0.6 is 0 Å². The number of piperazine rings is 1. The van der Waals surface area contributed by atoms with Gasteiger partial charge in [0.2, 0.25) is 16.0 Å². The number of sulfonamides is 1. The molecule has 3 heterocycles. The third-order valence-electron chi connectivity index (χ3n) is 5.11. The molecule has 2 aliphatic heterocycles. The Labute approximate surface area is 170 Å². The molecule has 0 bridgehead atoms. The van der Waals surface area contributed by atoms with E-state index in [0.717, 1.165) is 0 Å². The van der Waals surface area contributed by atoms with E-state index in [9.17, 15) is 13.2 Å². The van der Waals surface area contributed by atoms with Gasteiger partial charge in [0, 0.05) is 57.2 Å². The van der Waals surface area contributed by atoms with Crippen molar-refractivity contribution in [1.82, 2.24) is 19.2 Å². The summed E-state index contributed by atoms with van der Waals surface area (Å²) in [5.41, 5.74) is 0.482. The zero-order valence-electron chi connectivity index (χ0n) is 16.0. The third kappa shape index (κ3) is 4.24. The van der Waals surface area contributed by atoms with Crippen molar-refractivity contribution in [1.29, 1.82) is 0 Å². The lowest BCUT2D eigenvalue weighted by molar-refractivity contribution is 0.0730. The number of aromatic nitrogens is 2. The van der Waals surface area contributed by atoms with E-state index in [2.05, 4.69) is 9.97 Å². The Bertz CT molecular complexity index is 938. The molecule has 2 aliphatic rings. The molecular weight excluding hydrogens is 394 g/mol. The molecule has 0 atom stereocenters. The zero-order chi connectivity index (χ0) is 20.3. The molecule has 0 saturated carbocycles. The largest absolute Gasteiger partial charge is 0.379 e. The van der Waals surface area contributed by atoms with Crippen LogP contribution in [-0.2, 0) is 14.8 Å². The molecule has 29 heavy (non-hydrogen) atoms. The zero-order valence-corrected chi connectivity index (χ0v) is 16.8. The highest BCUT2D eigenvalue weighted by Gasteiger charge is 2.27. The van der Waals surface area contributed by atoms with Gasteiger partial charge in [-0.3, -0.25) is 4.79 Å². The quantitative estimate of drug-likeness (QED) is 0.713. The summed E-state index contributed by atoms with van der Waals surface area (Å²) in [6.07, 6.45) is 3.40. The van der Waals surface area contributed by atoms with E-state index < -0.39 is 10.0 Å². The maximum absolute atomic E-state index is 12.8. The van der Waals surface area contributed by atoms with Crippen molar-refractivity contribution in [3.8, 4) is 0 Å². The Morgan fingerprint density at radius 1 is 0.897 bits per heavy atom. The number of benzene rings is 1. The standard InChI is InChI=1S/C19H23N5O4S/c25-18(22-8-10-23(11-9-22)19-20-6-1-7-21-19)16-2-4-17(5-3-16)29(26,27)24-12-14-28-15-13-24/h1-7H,8-15H2. The van der Waals surface area contributed by atoms with Gasteiger partial charge in [-0.1, -0.05) is 0 Å². The summed E-state index contributed by atoms with van der Waals surface area (Å²) >= 11 is 0. The average molecular weight is 417 g/mol. The smallest absolute Gasteiger partial charge is 0.253 e. The number of rotatable bonds is 4. The number of hydrogen-bond acceptors (Lipinski definition) is 7. The van der Waals surface area contributed by atoms with Crippen LogP contribution < -0.4 is 4.90 Å². The van der Waals surface area contributed by atoms with Gasteiger partial charge in [-0.05, 0) is 30.3 Å². The van der Waals surface area contributed by atoms with Crippen LogP contribution in [0.4, 0.5) is 5.95 Å². The summed E-state index contributed by atoms with van der Waals surface area (Å²) in [7, 11) is -3.56. The molecular formula is C19H23N5O4S. The SMILES string of the molecule is O=C(c1ccc(S(=O)(=O)N2CCOCC2)cc1)N1CCN(c2ncccn2)CC1. The Kier molecular flexibility index (Phi) is 5.74. The van der Waals surface area contributed by atoms with Crippen LogP contribution in [0.25, 0.3) is 0 Å². The molecule has 0 aliphatic carbocycles. The Balaban J connectivity index is 1.40. The maximum Gasteiger partial charge on any atom is 0.253 e. The van der Waals surface area contributed by atoms with E-state index >= 15 is 0 Å². The Morgan fingerprint density at radius 3 is 2.14 bits per heavy atom. The first-order chi connectivity index (χ1) is 14.1. The van der Waals surface area contributed by atoms with Crippen molar-refractivity contribution in [2.45, 2.75) is 4.90 Å². The van der Waals surface area contributed by atoms with Gasteiger partial charge in [-0.15, -0.1) is 0 Å². The fourth-order valence-electron chi connectivity index (χ4n) is 3.45. The summed E-state index contributed by atoms with van der Waals surface area (Å²) in [5, 5.41) is 0. The maximum atomic E-state index is 12.8. The van der Waals surface area contributed by atoms with Gasteiger partial charge >= 0.3 is 0 Å². The van der Waals surface area contributed by atoms with Gasteiger partial charge in [0.15, 0.2) is 0 Å². The van der Waals surface area contributed by atoms with Crippen LogP contribution in [0.1, 0.15) is 10.4 Å². The van der Waals surface area contributed by atoms with Gasteiger partial charge < -0.3 is 14.5 Å².